The maximum absolute atomic E-state index is 15.6. The highest BCUT2D eigenvalue weighted by atomic mass is 19.1. The zero-order valence-corrected chi connectivity index (χ0v) is 29.4. The highest BCUT2D eigenvalue weighted by molar-refractivity contribution is 6.05. The Labute approximate surface area is 300 Å². The second-order valence-corrected chi connectivity index (χ2v) is 12.0. The van der Waals surface area contributed by atoms with E-state index in [0.29, 0.717) is 52.8 Å². The van der Waals surface area contributed by atoms with Crippen LogP contribution in [0.15, 0.2) is 66.4 Å². The minimum Gasteiger partial charge on any atom is -0.490 e. The highest BCUT2D eigenvalue weighted by Crippen LogP contribution is 2.44. The number of halogens is 2. The van der Waals surface area contributed by atoms with Crippen molar-refractivity contribution in [2.24, 2.45) is 4.99 Å². The van der Waals surface area contributed by atoms with Gasteiger partial charge in [0.1, 0.15) is 19.0 Å². The summed E-state index contributed by atoms with van der Waals surface area (Å²) in [7, 11) is 0. The molecule has 3 aromatic carbocycles. The van der Waals surface area contributed by atoms with E-state index >= 15 is 4.39 Å². The number of anilines is 1. The summed E-state index contributed by atoms with van der Waals surface area (Å²) >= 11 is 0. The first kappa shape index (κ1) is 36.3. The Balaban J connectivity index is 1.18. The number of amides is 1. The van der Waals surface area contributed by atoms with Crippen molar-refractivity contribution in [3.63, 3.8) is 0 Å². The molecule has 1 saturated heterocycles. The third-order valence-corrected chi connectivity index (χ3v) is 8.38. The molecule has 3 heterocycles. The standard InChI is InChI=1S/C38H41F2N5O7/c1-5-41-38(33-25(4)21-31(35-36(33)51-19-18-50-35)49-15-7-12-44-13-16-47-17-14-44)52-30-11-9-27(22-28(30)40)42-37(46)34-32(48-6-2)23-45(43-34)29-10-8-26(39)20-24(29)3/h5,8-11,20-23H,1,6-7,12-19H2,2-4H3,(H,42,46). The number of ether oxygens (including phenoxy) is 6. The number of nitrogens with one attached hydrogen (secondary N) is 1. The second-order valence-electron chi connectivity index (χ2n) is 12.0. The Kier molecular flexibility index (Phi) is 11.7. The van der Waals surface area contributed by atoms with E-state index in [-0.39, 0.29) is 47.8 Å². The summed E-state index contributed by atoms with van der Waals surface area (Å²) < 4.78 is 66.1. The van der Waals surface area contributed by atoms with E-state index in [1.54, 1.807) is 19.9 Å². The van der Waals surface area contributed by atoms with Crippen LogP contribution < -0.4 is 29.0 Å². The molecule has 4 aromatic rings. The van der Waals surface area contributed by atoms with Gasteiger partial charge in [0.05, 0.1) is 43.9 Å². The summed E-state index contributed by atoms with van der Waals surface area (Å²) in [5.74, 6) is -0.372. The quantitative estimate of drug-likeness (QED) is 0.0972. The van der Waals surface area contributed by atoms with Crippen molar-refractivity contribution in [1.82, 2.24) is 14.7 Å². The minimum atomic E-state index is -0.768. The number of aliphatic imine (C=N–C) groups is 1. The van der Waals surface area contributed by atoms with Crippen LogP contribution in [0, 0.1) is 25.5 Å². The number of hydrogen-bond donors (Lipinski definition) is 1. The third kappa shape index (κ3) is 8.35. The summed E-state index contributed by atoms with van der Waals surface area (Å²) in [4.78, 5) is 20.0. The van der Waals surface area contributed by atoms with Crippen LogP contribution in [-0.4, -0.2) is 85.8 Å². The average Bonchev–Trinajstić information content (AvgIpc) is 3.55. The van der Waals surface area contributed by atoms with Crippen molar-refractivity contribution in [2.75, 3.05) is 64.6 Å². The van der Waals surface area contributed by atoms with Crippen LogP contribution in [0.3, 0.4) is 0 Å². The predicted octanol–water partition coefficient (Wildman–Crippen LogP) is 6.26. The summed E-state index contributed by atoms with van der Waals surface area (Å²) in [6.45, 7) is 14.6. The second kappa shape index (κ2) is 16.7. The van der Waals surface area contributed by atoms with Gasteiger partial charge < -0.3 is 33.7 Å². The van der Waals surface area contributed by atoms with Crippen LogP contribution in [-0.2, 0) is 4.74 Å². The topological polar surface area (TPSA) is 118 Å². The van der Waals surface area contributed by atoms with E-state index in [1.165, 1.54) is 41.3 Å². The van der Waals surface area contributed by atoms with Gasteiger partial charge in [-0.2, -0.15) is 5.10 Å². The minimum absolute atomic E-state index is 0.0290. The molecule has 6 rings (SSSR count). The van der Waals surface area contributed by atoms with Gasteiger partial charge >= 0.3 is 0 Å². The van der Waals surface area contributed by atoms with Crippen LogP contribution in [0.5, 0.6) is 28.7 Å². The molecular weight excluding hydrogens is 676 g/mol. The highest BCUT2D eigenvalue weighted by Gasteiger charge is 2.28. The lowest BCUT2D eigenvalue weighted by molar-refractivity contribution is 0.0357. The van der Waals surface area contributed by atoms with Gasteiger partial charge in [-0.1, -0.05) is 6.58 Å². The molecule has 274 valence electrons. The Bertz CT molecular complexity index is 1960. The number of morpholine rings is 1. The van der Waals surface area contributed by atoms with Crippen LogP contribution in [0.25, 0.3) is 5.69 Å². The zero-order valence-electron chi connectivity index (χ0n) is 29.4. The van der Waals surface area contributed by atoms with Gasteiger partial charge in [0, 0.05) is 37.6 Å². The SMILES string of the molecule is C=CN=C(Oc1ccc(NC(=O)c2nn(-c3ccc(F)cc3C)cc2OCC)cc1F)c1c(C)cc(OCCCN2CCOCC2)c2c1OCCO2. The van der Waals surface area contributed by atoms with Crippen molar-refractivity contribution in [1.29, 1.82) is 0 Å². The number of carbonyl (C=O) groups is 1. The van der Waals surface area contributed by atoms with Crippen LogP contribution >= 0.6 is 0 Å². The van der Waals surface area contributed by atoms with Gasteiger partial charge in [0.25, 0.3) is 5.91 Å². The number of carbonyl (C=O) groups excluding carboxylic acids is 1. The molecule has 1 amide bonds. The van der Waals surface area contributed by atoms with E-state index in [1.807, 2.05) is 13.0 Å². The normalized spacial score (nSPS) is 14.5. The van der Waals surface area contributed by atoms with Gasteiger partial charge in [-0.05, 0) is 74.7 Å². The lowest BCUT2D eigenvalue weighted by atomic mass is 10.0. The largest absolute Gasteiger partial charge is 0.490 e. The fourth-order valence-electron chi connectivity index (χ4n) is 5.93. The maximum atomic E-state index is 15.6. The number of aromatic nitrogens is 2. The number of benzene rings is 3. The monoisotopic (exact) mass is 717 g/mol. The molecule has 1 aromatic heterocycles. The predicted molar refractivity (Wildman–Crippen MR) is 191 cm³/mol. The summed E-state index contributed by atoms with van der Waals surface area (Å²) in [5.41, 5.74) is 2.47. The number of hydrogen-bond acceptors (Lipinski definition) is 10. The number of aryl methyl sites for hydroxylation is 2. The first-order valence-electron chi connectivity index (χ1n) is 17.1. The van der Waals surface area contributed by atoms with Crippen LogP contribution in [0.2, 0.25) is 0 Å². The molecule has 0 spiro atoms. The molecular formula is C38H41F2N5O7. The Hall–Kier alpha value is -5.47. The zero-order chi connectivity index (χ0) is 36.6. The Morgan fingerprint density at radius 2 is 1.77 bits per heavy atom. The Morgan fingerprint density at radius 3 is 2.50 bits per heavy atom. The summed E-state index contributed by atoms with van der Waals surface area (Å²) in [6.07, 6.45) is 3.65. The molecule has 0 radical (unpaired) electrons. The summed E-state index contributed by atoms with van der Waals surface area (Å²) in [5, 5.41) is 7.05. The van der Waals surface area contributed by atoms with Crippen molar-refractivity contribution < 1.29 is 42.0 Å². The first-order valence-corrected chi connectivity index (χ1v) is 17.1. The molecule has 0 unspecified atom stereocenters. The molecule has 0 bridgehead atoms. The van der Waals surface area contributed by atoms with Crippen molar-refractivity contribution in [2.45, 2.75) is 27.2 Å². The molecule has 0 atom stereocenters. The fourth-order valence-corrected chi connectivity index (χ4v) is 5.93. The molecule has 1 N–H and O–H groups in total. The van der Waals surface area contributed by atoms with E-state index in [9.17, 15) is 9.18 Å². The van der Waals surface area contributed by atoms with Crippen molar-refractivity contribution >= 4 is 17.5 Å². The van der Waals surface area contributed by atoms with Gasteiger partial charge in [-0.25, -0.2) is 18.5 Å². The molecule has 14 heteroatoms. The van der Waals surface area contributed by atoms with E-state index in [2.05, 4.69) is 26.9 Å². The number of nitrogens with zero attached hydrogens (tertiary/aromatic N) is 4. The van der Waals surface area contributed by atoms with Gasteiger partial charge in [0.2, 0.25) is 11.6 Å². The molecule has 2 aliphatic rings. The van der Waals surface area contributed by atoms with Gasteiger partial charge in [-0.15, -0.1) is 0 Å². The van der Waals surface area contributed by atoms with E-state index < -0.39 is 11.7 Å². The van der Waals surface area contributed by atoms with Crippen molar-refractivity contribution in [3.05, 3.63) is 95.5 Å². The lowest BCUT2D eigenvalue weighted by Gasteiger charge is -2.27. The molecule has 0 saturated carbocycles. The van der Waals surface area contributed by atoms with E-state index in [4.69, 9.17) is 28.4 Å². The molecule has 0 aliphatic carbocycles. The van der Waals surface area contributed by atoms with Gasteiger partial charge in [0.15, 0.2) is 34.5 Å². The van der Waals surface area contributed by atoms with Crippen LogP contribution in [0.1, 0.15) is 40.5 Å². The van der Waals surface area contributed by atoms with E-state index in [0.717, 1.165) is 45.3 Å². The molecule has 12 nitrogen and oxygen atoms in total. The molecule has 1 fully saturated rings. The van der Waals surface area contributed by atoms with Gasteiger partial charge in [-0.3, -0.25) is 9.69 Å². The maximum Gasteiger partial charge on any atom is 0.280 e. The average molecular weight is 718 g/mol. The fraction of sp³-hybridized carbons (Fsp3) is 0.342. The Morgan fingerprint density at radius 1 is 0.981 bits per heavy atom. The number of fused-ring (bicyclic) bond motifs is 1. The third-order valence-electron chi connectivity index (χ3n) is 8.38. The summed E-state index contributed by atoms with van der Waals surface area (Å²) in [6, 6.07) is 10.0. The molecule has 2 aliphatic heterocycles. The van der Waals surface area contributed by atoms with Crippen LogP contribution in [0.4, 0.5) is 14.5 Å². The number of rotatable bonds is 13. The lowest BCUT2D eigenvalue weighted by Crippen LogP contribution is -2.37. The first-order chi connectivity index (χ1) is 25.2. The van der Waals surface area contributed by atoms with Crippen molar-refractivity contribution in [3.8, 4) is 34.4 Å². The smallest absolute Gasteiger partial charge is 0.280 e. The molecule has 52 heavy (non-hydrogen) atoms.